The molecule has 0 rings (SSSR count). The fourth-order valence-electron chi connectivity index (χ4n) is 0. The topological polar surface area (TPSA) is 23.1 Å². The van der Waals surface area contributed by atoms with E-state index in [9.17, 15) is 5.11 Å². The van der Waals surface area contributed by atoms with Gasteiger partial charge in [-0.1, -0.05) is 13.0 Å². The third-order valence-electron chi connectivity index (χ3n) is 0.407. The third kappa shape index (κ3) is 8.82. The van der Waals surface area contributed by atoms with Crippen LogP contribution >= 0.6 is 0 Å². The van der Waals surface area contributed by atoms with E-state index in [2.05, 4.69) is 0 Å². The molecule has 0 radical (unpaired) electrons. The van der Waals surface area contributed by atoms with Gasteiger partial charge in [-0.15, -0.1) is 5.76 Å². The molecule has 1 nitrogen and oxygen atoms in total. The van der Waals surface area contributed by atoms with Crippen LogP contribution in [0.3, 0.4) is 0 Å². The van der Waals surface area contributed by atoms with Gasteiger partial charge in [0.05, 0.1) is 0 Å². The second-order valence-corrected chi connectivity index (χ2v) is 0.899. The zero-order valence-corrected chi connectivity index (χ0v) is 6.49. The Labute approximate surface area is 60.4 Å². The third-order valence-corrected chi connectivity index (χ3v) is 0.407. The van der Waals surface area contributed by atoms with Gasteiger partial charge in [-0.3, -0.25) is 0 Å². The Morgan fingerprint density at radius 2 is 1.83 bits per heavy atom. The molecule has 30 valence electrons. The maximum atomic E-state index is 9.76. The fourth-order valence-corrected chi connectivity index (χ4v) is 0. The molecule has 0 aliphatic rings. The zero-order chi connectivity index (χ0) is 4.28. The molecule has 0 N–H and O–H groups in total. The Balaban J connectivity index is 0. The van der Waals surface area contributed by atoms with Crippen LogP contribution in [-0.4, -0.2) is 0 Å². The molecule has 0 aromatic rings. The van der Waals surface area contributed by atoms with E-state index in [1.807, 2.05) is 0 Å². The van der Waals surface area contributed by atoms with E-state index >= 15 is 0 Å². The van der Waals surface area contributed by atoms with Crippen molar-refractivity contribution in [2.24, 2.45) is 0 Å². The van der Waals surface area contributed by atoms with Crippen LogP contribution in [0.4, 0.5) is 0 Å². The van der Waals surface area contributed by atoms with Crippen LogP contribution in [0.5, 0.6) is 0 Å². The van der Waals surface area contributed by atoms with Gasteiger partial charge < -0.3 is 5.11 Å². The van der Waals surface area contributed by atoms with Crippen molar-refractivity contribution >= 4 is 0 Å². The minimum Gasteiger partial charge on any atom is -0.876 e. The van der Waals surface area contributed by atoms with Gasteiger partial charge in [0.15, 0.2) is 0 Å². The standard InChI is InChI=1S/C4H8O.Na/c1-3-4(2)5;/h3,5H,1-2H3;/q;+1/p-1/b4-3+;. The van der Waals surface area contributed by atoms with E-state index in [1.165, 1.54) is 13.0 Å². The Kier molecular flexibility index (Phi) is 8.99. The van der Waals surface area contributed by atoms with Gasteiger partial charge in [-0.2, -0.15) is 0 Å². The van der Waals surface area contributed by atoms with Crippen LogP contribution in [0.25, 0.3) is 0 Å². The van der Waals surface area contributed by atoms with Crippen molar-refractivity contribution in [2.45, 2.75) is 13.8 Å². The maximum Gasteiger partial charge on any atom is 1.00 e. The summed E-state index contributed by atoms with van der Waals surface area (Å²) in [6, 6.07) is 0. The molecule has 0 unspecified atom stereocenters. The molecule has 0 spiro atoms. The summed E-state index contributed by atoms with van der Waals surface area (Å²) in [5, 5.41) is 9.76. The zero-order valence-electron chi connectivity index (χ0n) is 4.49. The van der Waals surface area contributed by atoms with Gasteiger partial charge in [-0.05, 0) is 6.92 Å². The van der Waals surface area contributed by atoms with Crippen LogP contribution in [0, 0.1) is 0 Å². The maximum absolute atomic E-state index is 9.76. The summed E-state index contributed by atoms with van der Waals surface area (Å²) in [5.74, 6) is 0.130. The minimum atomic E-state index is 0. The molecule has 2 heteroatoms. The molecule has 0 bridgehead atoms. The molecule has 0 fully saturated rings. The average molecular weight is 94.1 g/mol. The van der Waals surface area contributed by atoms with Crippen molar-refractivity contribution in [3.8, 4) is 0 Å². The molecule has 6 heavy (non-hydrogen) atoms. The predicted molar refractivity (Wildman–Crippen MR) is 19.4 cm³/mol. The monoisotopic (exact) mass is 94.0 g/mol. The van der Waals surface area contributed by atoms with Crippen LogP contribution in [0.1, 0.15) is 13.8 Å². The fraction of sp³-hybridized carbons (Fsp3) is 0.500. The molecule has 0 atom stereocenters. The van der Waals surface area contributed by atoms with Crippen molar-refractivity contribution < 1.29 is 34.7 Å². The van der Waals surface area contributed by atoms with Crippen molar-refractivity contribution in [3.05, 3.63) is 11.8 Å². The van der Waals surface area contributed by atoms with Gasteiger partial charge in [0, 0.05) is 0 Å². The SMILES string of the molecule is C/C=C(\C)[O-].[Na+]. The van der Waals surface area contributed by atoms with Crippen LogP contribution < -0.4 is 34.7 Å². The average Bonchev–Trinajstić information content (AvgIpc) is 1.38. The first-order valence-electron chi connectivity index (χ1n) is 1.57. The van der Waals surface area contributed by atoms with Crippen molar-refractivity contribution in [1.82, 2.24) is 0 Å². The Morgan fingerprint density at radius 1 is 1.67 bits per heavy atom. The van der Waals surface area contributed by atoms with E-state index in [0.29, 0.717) is 0 Å². The molecule has 0 saturated heterocycles. The van der Waals surface area contributed by atoms with Crippen LogP contribution in [0.15, 0.2) is 11.8 Å². The molecule has 0 aromatic carbocycles. The summed E-state index contributed by atoms with van der Waals surface area (Å²) in [6.45, 7) is 3.25. The summed E-state index contributed by atoms with van der Waals surface area (Å²) in [7, 11) is 0. The molecule has 0 saturated carbocycles. The number of rotatable bonds is 0. The normalized spacial score (nSPS) is 10.0. The largest absolute Gasteiger partial charge is 1.00 e. The quantitative estimate of drug-likeness (QED) is 0.236. The summed E-state index contributed by atoms with van der Waals surface area (Å²) in [5.41, 5.74) is 0. The molecular weight excluding hydrogens is 87.0 g/mol. The molecule has 0 heterocycles. The van der Waals surface area contributed by atoms with Gasteiger partial charge in [-0.25, -0.2) is 0 Å². The second kappa shape index (κ2) is 5.54. The Bertz CT molecular complexity index is 45.5. The van der Waals surface area contributed by atoms with E-state index in [-0.39, 0.29) is 35.3 Å². The molecule has 0 aliphatic heterocycles. The summed E-state index contributed by atoms with van der Waals surface area (Å²) in [4.78, 5) is 0. The minimum absolute atomic E-state index is 0. The van der Waals surface area contributed by atoms with Gasteiger partial charge in [0.25, 0.3) is 0 Å². The smallest absolute Gasteiger partial charge is 0.876 e. The van der Waals surface area contributed by atoms with Gasteiger partial charge >= 0.3 is 29.6 Å². The summed E-state index contributed by atoms with van der Waals surface area (Å²) >= 11 is 0. The Hall–Kier alpha value is 0.540. The van der Waals surface area contributed by atoms with E-state index in [0.717, 1.165) is 0 Å². The van der Waals surface area contributed by atoms with E-state index in [1.54, 1.807) is 6.92 Å². The Morgan fingerprint density at radius 3 is 1.83 bits per heavy atom. The van der Waals surface area contributed by atoms with Crippen molar-refractivity contribution in [3.63, 3.8) is 0 Å². The van der Waals surface area contributed by atoms with Gasteiger partial charge in [0.2, 0.25) is 0 Å². The van der Waals surface area contributed by atoms with Crippen molar-refractivity contribution in [1.29, 1.82) is 0 Å². The van der Waals surface area contributed by atoms with E-state index in [4.69, 9.17) is 0 Å². The number of allylic oxidation sites excluding steroid dienone is 2. The first-order valence-corrected chi connectivity index (χ1v) is 1.57. The molecule has 0 amide bonds. The number of hydrogen-bond donors (Lipinski definition) is 0. The summed E-state index contributed by atoms with van der Waals surface area (Å²) in [6.07, 6.45) is 1.53. The molecule has 0 aliphatic carbocycles. The van der Waals surface area contributed by atoms with Crippen LogP contribution in [-0.2, 0) is 0 Å². The number of hydrogen-bond acceptors (Lipinski definition) is 1. The van der Waals surface area contributed by atoms with Crippen molar-refractivity contribution in [2.75, 3.05) is 0 Å². The van der Waals surface area contributed by atoms with Crippen LogP contribution in [0.2, 0.25) is 0 Å². The van der Waals surface area contributed by atoms with E-state index < -0.39 is 0 Å². The predicted octanol–water partition coefficient (Wildman–Crippen LogP) is -2.73. The first-order chi connectivity index (χ1) is 2.27. The molecule has 0 aromatic heterocycles. The summed E-state index contributed by atoms with van der Waals surface area (Å²) < 4.78 is 0. The van der Waals surface area contributed by atoms with Gasteiger partial charge in [0.1, 0.15) is 0 Å². The molecular formula is C4H7NaO. The second-order valence-electron chi connectivity index (χ2n) is 0.899. The first kappa shape index (κ1) is 9.74.